The van der Waals surface area contributed by atoms with Gasteiger partial charge in [-0.1, -0.05) is 48.5 Å². The third kappa shape index (κ3) is 6.24. The van der Waals surface area contributed by atoms with E-state index in [-0.39, 0.29) is 16.7 Å². The van der Waals surface area contributed by atoms with E-state index in [9.17, 15) is 18.0 Å². The Bertz CT molecular complexity index is 1130. The van der Waals surface area contributed by atoms with Crippen LogP contribution in [0.5, 0.6) is 0 Å². The molecule has 2 aromatic carbocycles. The molecule has 0 aliphatic carbocycles. The molecule has 1 aromatic heterocycles. The molecule has 0 saturated carbocycles. The average molecular weight is 458 g/mol. The van der Waals surface area contributed by atoms with Crippen LogP contribution < -0.4 is 15.8 Å². The number of nitrogens with two attached hydrogens (primary N) is 1. The van der Waals surface area contributed by atoms with E-state index in [1.165, 1.54) is 23.5 Å². The Morgan fingerprint density at radius 1 is 0.968 bits per heavy atom. The number of thiophene rings is 1. The van der Waals surface area contributed by atoms with Gasteiger partial charge in [0.1, 0.15) is 6.04 Å². The van der Waals surface area contributed by atoms with Gasteiger partial charge in [-0.25, -0.2) is 13.6 Å². The van der Waals surface area contributed by atoms with Gasteiger partial charge >= 0.3 is 0 Å². The van der Waals surface area contributed by atoms with E-state index in [4.69, 9.17) is 5.14 Å². The fourth-order valence-corrected chi connectivity index (χ4v) is 4.18. The summed E-state index contributed by atoms with van der Waals surface area (Å²) in [6.07, 6.45) is 0.334. The van der Waals surface area contributed by atoms with Crippen LogP contribution in [0.2, 0.25) is 0 Å². The lowest BCUT2D eigenvalue weighted by molar-refractivity contribution is -0.123. The SMILES string of the molecule is CC(NC(=O)C(Cc1ccccc1)NC(=O)c1cccs1)c1ccc(S(N)(=O)=O)cc1. The first-order valence-electron chi connectivity index (χ1n) is 9.55. The monoisotopic (exact) mass is 457 g/mol. The Kier molecular flexibility index (Phi) is 7.21. The number of hydrogen-bond acceptors (Lipinski definition) is 5. The highest BCUT2D eigenvalue weighted by Gasteiger charge is 2.24. The molecule has 2 atom stereocenters. The number of rotatable bonds is 8. The Morgan fingerprint density at radius 2 is 1.65 bits per heavy atom. The van der Waals surface area contributed by atoms with Crippen molar-refractivity contribution >= 4 is 33.2 Å². The van der Waals surface area contributed by atoms with Crippen LogP contribution in [0.4, 0.5) is 0 Å². The highest BCUT2D eigenvalue weighted by atomic mass is 32.2. The fraction of sp³-hybridized carbons (Fsp3) is 0.182. The van der Waals surface area contributed by atoms with Gasteiger partial charge in [0.15, 0.2) is 0 Å². The van der Waals surface area contributed by atoms with Gasteiger partial charge in [-0.3, -0.25) is 9.59 Å². The Balaban J connectivity index is 1.74. The molecular weight excluding hydrogens is 434 g/mol. The Hall–Kier alpha value is -3.01. The van der Waals surface area contributed by atoms with Crippen molar-refractivity contribution in [3.63, 3.8) is 0 Å². The molecule has 0 aliphatic heterocycles. The van der Waals surface area contributed by atoms with Gasteiger partial charge in [0.25, 0.3) is 5.91 Å². The van der Waals surface area contributed by atoms with Crippen LogP contribution in [0.25, 0.3) is 0 Å². The molecule has 9 heteroatoms. The van der Waals surface area contributed by atoms with Gasteiger partial charge in [-0.05, 0) is 41.6 Å². The Morgan fingerprint density at radius 3 is 2.23 bits per heavy atom. The minimum atomic E-state index is -3.79. The fourth-order valence-electron chi connectivity index (χ4n) is 3.04. The second-order valence-electron chi connectivity index (χ2n) is 7.04. The zero-order valence-electron chi connectivity index (χ0n) is 16.8. The van der Waals surface area contributed by atoms with E-state index in [2.05, 4.69) is 10.6 Å². The van der Waals surface area contributed by atoms with Crippen LogP contribution >= 0.6 is 11.3 Å². The quantitative estimate of drug-likeness (QED) is 0.482. The largest absolute Gasteiger partial charge is 0.348 e. The maximum Gasteiger partial charge on any atom is 0.262 e. The molecule has 0 aliphatic rings. The second-order valence-corrected chi connectivity index (χ2v) is 9.55. The third-order valence-electron chi connectivity index (χ3n) is 4.72. The van der Waals surface area contributed by atoms with E-state index in [0.717, 1.165) is 5.56 Å². The van der Waals surface area contributed by atoms with Crippen molar-refractivity contribution in [1.82, 2.24) is 10.6 Å². The molecule has 3 aromatic rings. The maximum atomic E-state index is 13.0. The van der Waals surface area contributed by atoms with E-state index in [0.29, 0.717) is 16.9 Å². The maximum absolute atomic E-state index is 13.0. The highest BCUT2D eigenvalue weighted by molar-refractivity contribution is 7.89. The van der Waals surface area contributed by atoms with Crippen molar-refractivity contribution in [3.05, 3.63) is 88.1 Å². The van der Waals surface area contributed by atoms with Crippen molar-refractivity contribution in [1.29, 1.82) is 0 Å². The normalized spacial score (nSPS) is 13.2. The minimum Gasteiger partial charge on any atom is -0.348 e. The van der Waals surface area contributed by atoms with Crippen LogP contribution in [0.1, 0.15) is 33.8 Å². The summed E-state index contributed by atoms with van der Waals surface area (Å²) in [5.41, 5.74) is 1.63. The molecule has 0 bridgehead atoms. The predicted octanol–water partition coefficient (Wildman–Crippen LogP) is 2.61. The zero-order valence-corrected chi connectivity index (χ0v) is 18.4. The number of hydrogen-bond donors (Lipinski definition) is 3. The van der Waals surface area contributed by atoms with Crippen molar-refractivity contribution in [2.75, 3.05) is 0 Å². The van der Waals surface area contributed by atoms with Gasteiger partial charge in [0.05, 0.1) is 15.8 Å². The molecule has 7 nitrogen and oxygen atoms in total. The summed E-state index contributed by atoms with van der Waals surface area (Å²) < 4.78 is 22.8. The zero-order chi connectivity index (χ0) is 22.4. The minimum absolute atomic E-state index is 0.0000538. The molecule has 0 fully saturated rings. The number of amides is 2. The summed E-state index contributed by atoms with van der Waals surface area (Å²) in [7, 11) is -3.79. The summed E-state index contributed by atoms with van der Waals surface area (Å²) >= 11 is 1.30. The molecular formula is C22H23N3O4S2. The predicted molar refractivity (Wildman–Crippen MR) is 120 cm³/mol. The van der Waals surface area contributed by atoms with Crippen molar-refractivity contribution < 1.29 is 18.0 Å². The number of nitrogens with one attached hydrogen (secondary N) is 2. The first kappa shape index (κ1) is 22.7. The molecule has 2 amide bonds. The number of primary sulfonamides is 1. The van der Waals surface area contributed by atoms with Crippen molar-refractivity contribution in [3.8, 4) is 0 Å². The van der Waals surface area contributed by atoms with Gasteiger partial charge in [0.2, 0.25) is 15.9 Å². The molecule has 31 heavy (non-hydrogen) atoms. The van der Waals surface area contributed by atoms with Gasteiger partial charge in [-0.2, -0.15) is 0 Å². The van der Waals surface area contributed by atoms with Crippen LogP contribution in [0, 0.1) is 0 Å². The standard InChI is InChI=1S/C22H23N3O4S2/c1-15(17-9-11-18(12-10-17)31(23,28)29)24-21(26)19(14-16-6-3-2-4-7-16)25-22(27)20-8-5-13-30-20/h2-13,15,19H,14H2,1H3,(H,24,26)(H,25,27)(H2,23,28,29). The van der Waals surface area contributed by atoms with E-state index in [1.54, 1.807) is 36.6 Å². The summed E-state index contributed by atoms with van der Waals surface area (Å²) in [5.74, 6) is -0.645. The molecule has 0 saturated heterocycles. The third-order valence-corrected chi connectivity index (χ3v) is 6.51. The van der Waals surface area contributed by atoms with E-state index in [1.807, 2.05) is 30.3 Å². The molecule has 3 rings (SSSR count). The summed E-state index contributed by atoms with van der Waals surface area (Å²) in [5, 5.41) is 12.6. The molecule has 2 unspecified atom stereocenters. The summed E-state index contributed by atoms with van der Waals surface area (Å²) in [6.45, 7) is 1.78. The van der Waals surface area contributed by atoms with Crippen LogP contribution in [-0.2, 0) is 21.2 Å². The first-order valence-corrected chi connectivity index (χ1v) is 12.0. The first-order chi connectivity index (χ1) is 14.7. The second kappa shape index (κ2) is 9.86. The van der Waals surface area contributed by atoms with Crippen LogP contribution in [0.3, 0.4) is 0 Å². The molecule has 0 radical (unpaired) electrons. The van der Waals surface area contributed by atoms with Crippen LogP contribution in [-0.4, -0.2) is 26.3 Å². The van der Waals surface area contributed by atoms with Gasteiger partial charge in [-0.15, -0.1) is 11.3 Å². The molecule has 162 valence electrons. The topological polar surface area (TPSA) is 118 Å². The number of carbonyl (C=O) groups is 2. The lowest BCUT2D eigenvalue weighted by Gasteiger charge is -2.22. The molecule has 4 N–H and O–H groups in total. The lowest BCUT2D eigenvalue weighted by atomic mass is 10.0. The Labute approximate surface area is 185 Å². The smallest absolute Gasteiger partial charge is 0.262 e. The highest BCUT2D eigenvalue weighted by Crippen LogP contribution is 2.16. The van der Waals surface area contributed by atoms with E-state index < -0.39 is 22.1 Å². The van der Waals surface area contributed by atoms with Crippen LogP contribution in [0.15, 0.2) is 77.0 Å². The summed E-state index contributed by atoms with van der Waals surface area (Å²) in [4.78, 5) is 26.1. The van der Waals surface area contributed by atoms with Crippen molar-refractivity contribution in [2.45, 2.75) is 30.3 Å². The van der Waals surface area contributed by atoms with E-state index >= 15 is 0 Å². The number of carbonyl (C=O) groups excluding carboxylic acids is 2. The number of benzene rings is 2. The molecule has 0 spiro atoms. The van der Waals surface area contributed by atoms with Gasteiger partial charge in [0, 0.05) is 6.42 Å². The molecule has 1 heterocycles. The average Bonchev–Trinajstić information content (AvgIpc) is 3.28. The number of sulfonamides is 1. The summed E-state index contributed by atoms with van der Waals surface area (Å²) in [6, 6.07) is 17.7. The van der Waals surface area contributed by atoms with Crippen molar-refractivity contribution in [2.24, 2.45) is 5.14 Å². The van der Waals surface area contributed by atoms with Gasteiger partial charge < -0.3 is 10.6 Å². The lowest BCUT2D eigenvalue weighted by Crippen LogP contribution is -2.48.